The molecule has 1 aromatic heterocycles. The van der Waals surface area contributed by atoms with E-state index in [4.69, 9.17) is 0 Å². The van der Waals surface area contributed by atoms with E-state index in [0.717, 1.165) is 11.3 Å². The molecule has 0 spiro atoms. The molecule has 18 heavy (non-hydrogen) atoms. The van der Waals surface area contributed by atoms with Gasteiger partial charge in [-0.2, -0.15) is 5.10 Å². The van der Waals surface area contributed by atoms with Crippen LogP contribution in [-0.2, 0) is 4.79 Å². The van der Waals surface area contributed by atoms with E-state index >= 15 is 0 Å². The van der Waals surface area contributed by atoms with Gasteiger partial charge in [0.25, 0.3) is 5.91 Å². The predicted molar refractivity (Wildman–Crippen MR) is 66.2 cm³/mol. The number of carbonyl (C=O) groups is 2. The van der Waals surface area contributed by atoms with Gasteiger partial charge < -0.3 is 9.80 Å². The van der Waals surface area contributed by atoms with Gasteiger partial charge in [-0.1, -0.05) is 0 Å². The lowest BCUT2D eigenvalue weighted by atomic mass is 10.2. The molecular formula is C12H18N4O2. The highest BCUT2D eigenvalue weighted by Gasteiger charge is 2.25. The molecule has 6 nitrogen and oxygen atoms in total. The van der Waals surface area contributed by atoms with Crippen LogP contribution in [0.15, 0.2) is 0 Å². The van der Waals surface area contributed by atoms with Gasteiger partial charge >= 0.3 is 0 Å². The lowest BCUT2D eigenvalue weighted by molar-refractivity contribution is -0.130. The Balaban J connectivity index is 2.04. The Labute approximate surface area is 106 Å². The second-order valence-electron chi connectivity index (χ2n) is 4.62. The molecule has 6 heteroatoms. The Morgan fingerprint density at radius 2 is 1.67 bits per heavy atom. The monoisotopic (exact) mass is 250 g/mol. The van der Waals surface area contributed by atoms with Crippen molar-refractivity contribution in [2.75, 3.05) is 26.2 Å². The van der Waals surface area contributed by atoms with Gasteiger partial charge in [0.1, 0.15) is 0 Å². The molecule has 2 amide bonds. The van der Waals surface area contributed by atoms with Crippen LogP contribution >= 0.6 is 0 Å². The Kier molecular flexibility index (Phi) is 3.36. The number of aromatic nitrogens is 2. The summed E-state index contributed by atoms with van der Waals surface area (Å²) < 4.78 is 0. The molecule has 1 aliphatic rings. The molecule has 1 N–H and O–H groups in total. The third kappa shape index (κ3) is 2.23. The number of aromatic amines is 1. The first-order valence-corrected chi connectivity index (χ1v) is 6.07. The first-order valence-electron chi connectivity index (χ1n) is 6.07. The number of aryl methyl sites for hydroxylation is 1. The van der Waals surface area contributed by atoms with Crippen LogP contribution in [0.4, 0.5) is 0 Å². The normalized spacial score (nSPS) is 15.9. The second kappa shape index (κ2) is 4.80. The highest BCUT2D eigenvalue weighted by atomic mass is 16.2. The summed E-state index contributed by atoms with van der Waals surface area (Å²) in [6, 6.07) is 0. The fourth-order valence-corrected chi connectivity index (χ4v) is 2.07. The van der Waals surface area contributed by atoms with Crippen LogP contribution in [0.3, 0.4) is 0 Å². The minimum Gasteiger partial charge on any atom is -0.339 e. The van der Waals surface area contributed by atoms with Crippen LogP contribution in [0.5, 0.6) is 0 Å². The molecule has 0 bridgehead atoms. The van der Waals surface area contributed by atoms with Crippen molar-refractivity contribution in [2.24, 2.45) is 0 Å². The van der Waals surface area contributed by atoms with E-state index in [1.165, 1.54) is 0 Å². The standard InChI is InChI=1S/C12H18N4O2/c1-8-9(2)13-14-11(8)12(18)16-6-4-15(5-7-16)10(3)17/h4-7H2,1-3H3,(H,13,14). The third-order valence-corrected chi connectivity index (χ3v) is 3.47. The molecule has 1 aliphatic heterocycles. The number of piperazine rings is 1. The van der Waals surface area contributed by atoms with Gasteiger partial charge in [-0.05, 0) is 13.8 Å². The fourth-order valence-electron chi connectivity index (χ4n) is 2.07. The Morgan fingerprint density at radius 3 is 2.11 bits per heavy atom. The summed E-state index contributed by atoms with van der Waals surface area (Å²) in [5, 5.41) is 6.87. The van der Waals surface area contributed by atoms with Crippen molar-refractivity contribution in [3.05, 3.63) is 17.0 Å². The average Bonchev–Trinajstić information content (AvgIpc) is 2.69. The van der Waals surface area contributed by atoms with Gasteiger partial charge in [0.05, 0.1) is 0 Å². The van der Waals surface area contributed by atoms with Gasteiger partial charge in [0, 0.05) is 44.4 Å². The number of H-pyrrole nitrogens is 1. The fraction of sp³-hybridized carbons (Fsp3) is 0.583. The maximum Gasteiger partial charge on any atom is 0.274 e. The number of carbonyl (C=O) groups excluding carboxylic acids is 2. The first-order chi connectivity index (χ1) is 8.50. The van der Waals surface area contributed by atoms with E-state index in [0.29, 0.717) is 31.9 Å². The third-order valence-electron chi connectivity index (χ3n) is 3.47. The lowest BCUT2D eigenvalue weighted by Crippen LogP contribution is -2.50. The molecule has 1 saturated heterocycles. The van der Waals surface area contributed by atoms with Crippen LogP contribution in [-0.4, -0.2) is 58.0 Å². The Morgan fingerprint density at radius 1 is 1.11 bits per heavy atom. The summed E-state index contributed by atoms with van der Waals surface area (Å²) in [4.78, 5) is 27.0. The van der Waals surface area contributed by atoms with Crippen molar-refractivity contribution in [3.8, 4) is 0 Å². The Bertz CT molecular complexity index is 472. The van der Waals surface area contributed by atoms with E-state index in [2.05, 4.69) is 10.2 Å². The van der Waals surface area contributed by atoms with Crippen molar-refractivity contribution < 1.29 is 9.59 Å². The first kappa shape index (κ1) is 12.6. The number of amides is 2. The largest absolute Gasteiger partial charge is 0.339 e. The van der Waals surface area contributed by atoms with Gasteiger partial charge in [0.15, 0.2) is 5.69 Å². The molecule has 2 heterocycles. The van der Waals surface area contributed by atoms with E-state index in [1.807, 2.05) is 13.8 Å². The molecule has 0 saturated carbocycles. The zero-order valence-electron chi connectivity index (χ0n) is 11.0. The Hall–Kier alpha value is -1.85. The minimum absolute atomic E-state index is 0.0555. The molecule has 0 aliphatic carbocycles. The molecular weight excluding hydrogens is 232 g/mol. The van der Waals surface area contributed by atoms with Crippen molar-refractivity contribution in [3.63, 3.8) is 0 Å². The summed E-state index contributed by atoms with van der Waals surface area (Å²) in [5.41, 5.74) is 2.30. The van der Waals surface area contributed by atoms with Crippen LogP contribution in [0.1, 0.15) is 28.7 Å². The van der Waals surface area contributed by atoms with Crippen LogP contribution in [0, 0.1) is 13.8 Å². The summed E-state index contributed by atoms with van der Waals surface area (Å²) in [6.07, 6.45) is 0. The summed E-state index contributed by atoms with van der Waals surface area (Å²) in [7, 11) is 0. The van der Waals surface area contributed by atoms with Gasteiger partial charge in [-0.25, -0.2) is 0 Å². The average molecular weight is 250 g/mol. The molecule has 0 atom stereocenters. The van der Waals surface area contributed by atoms with Crippen molar-refractivity contribution in [2.45, 2.75) is 20.8 Å². The SMILES string of the molecule is CC(=O)N1CCN(C(=O)c2n[nH]c(C)c2C)CC1. The highest BCUT2D eigenvalue weighted by molar-refractivity contribution is 5.94. The maximum absolute atomic E-state index is 12.3. The van der Waals surface area contributed by atoms with Crippen LogP contribution in [0.2, 0.25) is 0 Å². The smallest absolute Gasteiger partial charge is 0.274 e. The maximum atomic E-state index is 12.3. The molecule has 0 aromatic carbocycles. The van der Waals surface area contributed by atoms with Gasteiger partial charge in [-0.3, -0.25) is 14.7 Å². The number of nitrogens with zero attached hydrogens (tertiary/aromatic N) is 3. The predicted octanol–water partition coefficient (Wildman–Crippen LogP) is 0.331. The molecule has 1 aromatic rings. The summed E-state index contributed by atoms with van der Waals surface area (Å²) in [5.74, 6) is 0.00828. The molecule has 98 valence electrons. The van der Waals surface area contributed by atoms with Gasteiger partial charge in [-0.15, -0.1) is 0 Å². The van der Waals surface area contributed by atoms with Crippen LogP contribution in [0.25, 0.3) is 0 Å². The molecule has 0 unspecified atom stereocenters. The van der Waals surface area contributed by atoms with Gasteiger partial charge in [0.2, 0.25) is 5.91 Å². The van der Waals surface area contributed by atoms with Crippen molar-refractivity contribution in [1.29, 1.82) is 0 Å². The highest BCUT2D eigenvalue weighted by Crippen LogP contribution is 2.13. The van der Waals surface area contributed by atoms with E-state index in [1.54, 1.807) is 16.7 Å². The van der Waals surface area contributed by atoms with E-state index < -0.39 is 0 Å². The molecule has 2 rings (SSSR count). The second-order valence-corrected chi connectivity index (χ2v) is 4.62. The van der Waals surface area contributed by atoms with Crippen molar-refractivity contribution >= 4 is 11.8 Å². The quantitative estimate of drug-likeness (QED) is 0.781. The minimum atomic E-state index is -0.0555. The number of hydrogen-bond acceptors (Lipinski definition) is 3. The number of rotatable bonds is 1. The van der Waals surface area contributed by atoms with E-state index in [-0.39, 0.29) is 11.8 Å². The topological polar surface area (TPSA) is 69.3 Å². The van der Waals surface area contributed by atoms with Crippen molar-refractivity contribution in [1.82, 2.24) is 20.0 Å². The number of nitrogens with one attached hydrogen (secondary N) is 1. The van der Waals surface area contributed by atoms with Crippen LogP contribution < -0.4 is 0 Å². The zero-order valence-corrected chi connectivity index (χ0v) is 11.0. The number of hydrogen-bond donors (Lipinski definition) is 1. The van der Waals surface area contributed by atoms with E-state index in [9.17, 15) is 9.59 Å². The zero-order chi connectivity index (χ0) is 13.3. The molecule has 1 fully saturated rings. The summed E-state index contributed by atoms with van der Waals surface area (Å²) >= 11 is 0. The lowest BCUT2D eigenvalue weighted by Gasteiger charge is -2.33. The summed E-state index contributed by atoms with van der Waals surface area (Å²) in [6.45, 7) is 7.68. The molecule has 0 radical (unpaired) electrons.